The number of hydrogen-bond donors (Lipinski definition) is 2. The molecule has 0 radical (unpaired) electrons. The third-order valence-electron chi connectivity index (χ3n) is 2.55. The highest BCUT2D eigenvalue weighted by atomic mass is 35.5. The minimum Gasteiger partial charge on any atom is -0.489 e. The first-order valence-electron chi connectivity index (χ1n) is 5.57. The van der Waals surface area contributed by atoms with Crippen molar-refractivity contribution in [1.29, 1.82) is 0 Å². The second-order valence-corrected chi connectivity index (χ2v) is 4.33. The normalized spacial score (nSPS) is 12.1. The van der Waals surface area contributed by atoms with Gasteiger partial charge in [0.2, 0.25) is 0 Å². The van der Waals surface area contributed by atoms with Gasteiger partial charge in [0.15, 0.2) is 0 Å². The van der Waals surface area contributed by atoms with Crippen LogP contribution in [0.1, 0.15) is 11.7 Å². The van der Waals surface area contributed by atoms with Crippen LogP contribution in [0.2, 0.25) is 5.02 Å². The quantitative estimate of drug-likeness (QED) is 0.834. The monoisotopic (exact) mass is 263 g/mol. The van der Waals surface area contributed by atoms with Gasteiger partial charge in [-0.15, -0.1) is 0 Å². The number of aliphatic hydroxyl groups is 1. The predicted molar refractivity (Wildman–Crippen MR) is 72.8 cm³/mol. The summed E-state index contributed by atoms with van der Waals surface area (Å²) in [6.07, 6.45) is -0.707. The summed E-state index contributed by atoms with van der Waals surface area (Å²) in [5.74, 6) is 0.564. The van der Waals surface area contributed by atoms with Gasteiger partial charge in [0.05, 0.1) is 5.02 Å². The smallest absolute Gasteiger partial charge is 0.138 e. The van der Waals surface area contributed by atoms with Gasteiger partial charge in [-0.05, 0) is 29.8 Å². The van der Waals surface area contributed by atoms with Crippen LogP contribution in [0.15, 0.2) is 48.5 Å². The zero-order chi connectivity index (χ0) is 13.0. The molecule has 0 saturated carbocycles. The SMILES string of the molecule is Nc1ccc(C(O)COc2ccccc2Cl)cc1. The molecule has 0 aliphatic rings. The predicted octanol–water partition coefficient (Wildman–Crippen LogP) is 3.03. The van der Waals surface area contributed by atoms with E-state index >= 15 is 0 Å². The average molecular weight is 264 g/mol. The molecule has 3 nitrogen and oxygen atoms in total. The minimum atomic E-state index is -0.707. The molecule has 0 aliphatic carbocycles. The molecular formula is C14H14ClNO2. The van der Waals surface area contributed by atoms with Crippen molar-refractivity contribution in [2.24, 2.45) is 0 Å². The lowest BCUT2D eigenvalue weighted by Gasteiger charge is -2.13. The van der Waals surface area contributed by atoms with E-state index in [1.807, 2.05) is 12.1 Å². The van der Waals surface area contributed by atoms with Gasteiger partial charge in [0.25, 0.3) is 0 Å². The molecule has 1 atom stereocenters. The highest BCUT2D eigenvalue weighted by molar-refractivity contribution is 6.32. The van der Waals surface area contributed by atoms with Crippen molar-refractivity contribution in [3.05, 3.63) is 59.1 Å². The van der Waals surface area contributed by atoms with Gasteiger partial charge in [-0.1, -0.05) is 35.9 Å². The summed E-state index contributed by atoms with van der Waals surface area (Å²) in [6, 6.07) is 14.2. The third kappa shape index (κ3) is 3.15. The van der Waals surface area contributed by atoms with Gasteiger partial charge in [-0.2, -0.15) is 0 Å². The van der Waals surface area contributed by atoms with E-state index in [9.17, 15) is 5.11 Å². The maximum Gasteiger partial charge on any atom is 0.138 e. The topological polar surface area (TPSA) is 55.5 Å². The van der Waals surface area contributed by atoms with Crippen LogP contribution in [-0.4, -0.2) is 11.7 Å². The van der Waals surface area contributed by atoms with E-state index in [1.54, 1.807) is 36.4 Å². The Morgan fingerprint density at radius 1 is 1.11 bits per heavy atom. The van der Waals surface area contributed by atoms with Crippen LogP contribution < -0.4 is 10.5 Å². The first-order chi connectivity index (χ1) is 8.66. The van der Waals surface area contributed by atoms with Crippen LogP contribution in [0.25, 0.3) is 0 Å². The second-order valence-electron chi connectivity index (χ2n) is 3.92. The maximum atomic E-state index is 9.95. The standard InChI is InChI=1S/C14H14ClNO2/c15-12-3-1-2-4-14(12)18-9-13(17)10-5-7-11(16)8-6-10/h1-8,13,17H,9,16H2. The lowest BCUT2D eigenvalue weighted by Crippen LogP contribution is -2.09. The first kappa shape index (κ1) is 12.7. The Kier molecular flexibility index (Phi) is 4.07. The lowest BCUT2D eigenvalue weighted by molar-refractivity contribution is 0.108. The van der Waals surface area contributed by atoms with Crippen molar-refractivity contribution < 1.29 is 9.84 Å². The summed E-state index contributed by atoms with van der Waals surface area (Å²) in [5, 5.41) is 10.5. The number of halogens is 1. The van der Waals surface area contributed by atoms with Crippen LogP contribution in [-0.2, 0) is 0 Å². The van der Waals surface area contributed by atoms with Crippen LogP contribution >= 0.6 is 11.6 Å². The molecule has 2 aromatic rings. The number of ether oxygens (including phenoxy) is 1. The second kappa shape index (κ2) is 5.76. The fourth-order valence-electron chi connectivity index (χ4n) is 1.54. The number of anilines is 1. The number of aliphatic hydroxyl groups excluding tert-OH is 1. The van der Waals surface area contributed by atoms with Gasteiger partial charge in [-0.3, -0.25) is 0 Å². The molecule has 0 amide bonds. The minimum absolute atomic E-state index is 0.146. The Morgan fingerprint density at radius 2 is 1.78 bits per heavy atom. The number of rotatable bonds is 4. The average Bonchev–Trinajstić information content (AvgIpc) is 2.38. The van der Waals surface area contributed by atoms with Crippen LogP contribution in [0.3, 0.4) is 0 Å². The Bertz CT molecular complexity index is 513. The maximum absolute atomic E-state index is 9.95. The highest BCUT2D eigenvalue weighted by Gasteiger charge is 2.09. The molecule has 1 unspecified atom stereocenters. The molecule has 2 aromatic carbocycles. The summed E-state index contributed by atoms with van der Waals surface area (Å²) in [4.78, 5) is 0. The molecule has 2 rings (SSSR count). The fourth-order valence-corrected chi connectivity index (χ4v) is 1.74. The van der Waals surface area contributed by atoms with Gasteiger partial charge in [0, 0.05) is 5.69 Å². The van der Waals surface area contributed by atoms with Crippen molar-refractivity contribution in [2.75, 3.05) is 12.3 Å². The molecular weight excluding hydrogens is 250 g/mol. The molecule has 3 N–H and O–H groups in total. The van der Waals surface area contributed by atoms with E-state index in [-0.39, 0.29) is 6.61 Å². The van der Waals surface area contributed by atoms with E-state index in [0.717, 1.165) is 5.56 Å². The summed E-state index contributed by atoms with van der Waals surface area (Å²) < 4.78 is 5.47. The molecule has 0 saturated heterocycles. The molecule has 0 spiro atoms. The van der Waals surface area contributed by atoms with Crippen molar-refractivity contribution in [3.8, 4) is 5.75 Å². The molecule has 0 aliphatic heterocycles. The van der Waals surface area contributed by atoms with E-state index in [2.05, 4.69) is 0 Å². The summed E-state index contributed by atoms with van der Waals surface area (Å²) in [5.41, 5.74) is 7.01. The first-order valence-corrected chi connectivity index (χ1v) is 5.95. The van der Waals surface area contributed by atoms with E-state index in [1.165, 1.54) is 0 Å². The fraction of sp³-hybridized carbons (Fsp3) is 0.143. The largest absolute Gasteiger partial charge is 0.489 e. The zero-order valence-electron chi connectivity index (χ0n) is 9.71. The van der Waals surface area contributed by atoms with Crippen LogP contribution in [0.4, 0.5) is 5.69 Å². The summed E-state index contributed by atoms with van der Waals surface area (Å²) in [6.45, 7) is 0.146. The van der Waals surface area contributed by atoms with E-state index in [0.29, 0.717) is 16.5 Å². The van der Waals surface area contributed by atoms with Crippen LogP contribution in [0, 0.1) is 0 Å². The highest BCUT2D eigenvalue weighted by Crippen LogP contribution is 2.24. The van der Waals surface area contributed by atoms with Gasteiger partial charge >= 0.3 is 0 Å². The molecule has 4 heteroatoms. The molecule has 0 aromatic heterocycles. The molecule has 0 fully saturated rings. The molecule has 18 heavy (non-hydrogen) atoms. The van der Waals surface area contributed by atoms with E-state index < -0.39 is 6.10 Å². The number of nitrogen functional groups attached to an aromatic ring is 1. The molecule has 0 bridgehead atoms. The Hall–Kier alpha value is -1.71. The van der Waals surface area contributed by atoms with Crippen molar-refractivity contribution >= 4 is 17.3 Å². The number of benzene rings is 2. The molecule has 94 valence electrons. The lowest BCUT2D eigenvalue weighted by atomic mass is 10.1. The Morgan fingerprint density at radius 3 is 2.44 bits per heavy atom. The Balaban J connectivity index is 1.98. The molecule has 0 heterocycles. The number of para-hydroxylation sites is 1. The zero-order valence-corrected chi connectivity index (χ0v) is 10.5. The number of nitrogens with two attached hydrogens (primary N) is 1. The summed E-state index contributed by atoms with van der Waals surface area (Å²) in [7, 11) is 0. The van der Waals surface area contributed by atoms with E-state index in [4.69, 9.17) is 22.1 Å². The number of hydrogen-bond acceptors (Lipinski definition) is 3. The van der Waals surface area contributed by atoms with Crippen LogP contribution in [0.5, 0.6) is 5.75 Å². The Labute approximate surface area is 111 Å². The van der Waals surface area contributed by atoms with Gasteiger partial charge < -0.3 is 15.6 Å². The van der Waals surface area contributed by atoms with Crippen molar-refractivity contribution in [3.63, 3.8) is 0 Å². The van der Waals surface area contributed by atoms with Crippen molar-refractivity contribution in [1.82, 2.24) is 0 Å². The van der Waals surface area contributed by atoms with Gasteiger partial charge in [0.1, 0.15) is 18.5 Å². The van der Waals surface area contributed by atoms with Crippen molar-refractivity contribution in [2.45, 2.75) is 6.10 Å². The third-order valence-corrected chi connectivity index (χ3v) is 2.87. The summed E-state index contributed by atoms with van der Waals surface area (Å²) >= 11 is 5.95. The van der Waals surface area contributed by atoms with Gasteiger partial charge in [-0.25, -0.2) is 0 Å².